The summed E-state index contributed by atoms with van der Waals surface area (Å²) in [6, 6.07) is 19.5. The molecule has 2 saturated heterocycles. The summed E-state index contributed by atoms with van der Waals surface area (Å²) < 4.78 is 28.2. The van der Waals surface area contributed by atoms with Crippen LogP contribution in [0.5, 0.6) is 0 Å². The van der Waals surface area contributed by atoms with E-state index in [1.807, 2.05) is 55.5 Å². The molecular formula is C30H33F2N3O2. The lowest BCUT2D eigenvalue weighted by atomic mass is 9.71. The van der Waals surface area contributed by atoms with Crippen LogP contribution in [0.15, 0.2) is 66.7 Å². The van der Waals surface area contributed by atoms with Crippen molar-refractivity contribution in [3.8, 4) is 0 Å². The molecule has 194 valence electrons. The van der Waals surface area contributed by atoms with Crippen molar-refractivity contribution in [3.63, 3.8) is 0 Å². The standard InChI is InChI=1S/C30H33F2N3O2/c1-22-6-5-9-27(33-22)35-21-29(13-12-28(35)36,24-10-11-25(31)26(32)20-24)14-17-34-18-15-30(37,16-19-34)23-7-3-2-4-8-23/h2-11,20,37H,12-19,21H2,1H3. The third-order valence-corrected chi connectivity index (χ3v) is 8.16. The fourth-order valence-corrected chi connectivity index (χ4v) is 5.80. The van der Waals surface area contributed by atoms with Crippen molar-refractivity contribution >= 4 is 11.7 Å². The number of nitrogens with zero attached hydrogens (tertiary/aromatic N) is 3. The maximum Gasteiger partial charge on any atom is 0.228 e. The molecule has 0 bridgehead atoms. The smallest absolute Gasteiger partial charge is 0.228 e. The molecule has 2 aliphatic heterocycles. The second kappa shape index (κ2) is 10.3. The first kappa shape index (κ1) is 25.5. The van der Waals surface area contributed by atoms with Crippen LogP contribution in [0.3, 0.4) is 0 Å². The van der Waals surface area contributed by atoms with E-state index in [9.17, 15) is 18.7 Å². The number of carbonyl (C=O) groups is 1. The summed E-state index contributed by atoms with van der Waals surface area (Å²) in [5.74, 6) is -1.18. The Morgan fingerprint density at radius 2 is 1.68 bits per heavy atom. The largest absolute Gasteiger partial charge is 0.385 e. The molecule has 0 spiro atoms. The van der Waals surface area contributed by atoms with E-state index in [1.54, 1.807) is 11.0 Å². The molecule has 0 saturated carbocycles. The first-order valence-electron chi connectivity index (χ1n) is 13.0. The Morgan fingerprint density at radius 1 is 0.919 bits per heavy atom. The van der Waals surface area contributed by atoms with E-state index in [0.717, 1.165) is 30.9 Å². The van der Waals surface area contributed by atoms with Crippen LogP contribution in [0.1, 0.15) is 48.9 Å². The van der Waals surface area contributed by atoms with Crippen LogP contribution in [0.4, 0.5) is 14.6 Å². The summed E-state index contributed by atoms with van der Waals surface area (Å²) in [5.41, 5.74) is 1.09. The lowest BCUT2D eigenvalue weighted by molar-refractivity contribution is -0.120. The number of benzene rings is 2. The van der Waals surface area contributed by atoms with Gasteiger partial charge in [-0.3, -0.25) is 9.69 Å². The molecule has 7 heteroatoms. The highest BCUT2D eigenvalue weighted by Crippen LogP contribution is 2.40. The fraction of sp³-hybridized carbons (Fsp3) is 0.400. The number of amides is 1. The lowest BCUT2D eigenvalue weighted by Gasteiger charge is -2.45. The molecule has 5 nitrogen and oxygen atoms in total. The minimum Gasteiger partial charge on any atom is -0.385 e. The number of piperidine rings is 2. The van der Waals surface area contributed by atoms with Gasteiger partial charge in [-0.05, 0) is 74.5 Å². The van der Waals surface area contributed by atoms with Crippen LogP contribution in [0.2, 0.25) is 0 Å². The molecule has 1 atom stereocenters. The second-order valence-corrected chi connectivity index (χ2v) is 10.5. The number of hydrogen-bond donors (Lipinski definition) is 1. The molecule has 3 aromatic rings. The minimum atomic E-state index is -0.876. The van der Waals surface area contributed by atoms with E-state index in [4.69, 9.17) is 0 Å². The van der Waals surface area contributed by atoms with Crippen molar-refractivity contribution in [2.75, 3.05) is 31.1 Å². The van der Waals surface area contributed by atoms with Gasteiger partial charge >= 0.3 is 0 Å². The highest BCUT2D eigenvalue weighted by molar-refractivity contribution is 5.93. The van der Waals surface area contributed by atoms with Crippen molar-refractivity contribution < 1.29 is 18.7 Å². The Kier molecular flexibility index (Phi) is 7.10. The van der Waals surface area contributed by atoms with Gasteiger partial charge in [0.15, 0.2) is 11.6 Å². The Hall–Kier alpha value is -3.16. The van der Waals surface area contributed by atoms with Crippen molar-refractivity contribution in [1.29, 1.82) is 0 Å². The topological polar surface area (TPSA) is 56.7 Å². The van der Waals surface area contributed by atoms with Crippen molar-refractivity contribution in [2.45, 2.75) is 50.0 Å². The summed E-state index contributed by atoms with van der Waals surface area (Å²) in [6.07, 6.45) is 2.81. The lowest BCUT2D eigenvalue weighted by Crippen LogP contribution is -2.51. The molecule has 5 rings (SSSR count). The van der Waals surface area contributed by atoms with E-state index in [1.165, 1.54) is 12.1 Å². The van der Waals surface area contributed by atoms with Crippen LogP contribution >= 0.6 is 0 Å². The third-order valence-electron chi connectivity index (χ3n) is 8.16. The molecule has 2 aromatic carbocycles. The van der Waals surface area contributed by atoms with Crippen LogP contribution < -0.4 is 4.90 Å². The van der Waals surface area contributed by atoms with Gasteiger partial charge in [0.2, 0.25) is 5.91 Å². The number of aliphatic hydroxyl groups is 1. The molecule has 0 aliphatic carbocycles. The predicted octanol–water partition coefficient (Wildman–Crippen LogP) is 5.11. The molecular weight excluding hydrogens is 472 g/mol. The molecule has 1 amide bonds. The normalized spacial score (nSPS) is 22.3. The average molecular weight is 506 g/mol. The predicted molar refractivity (Wildman–Crippen MR) is 139 cm³/mol. The average Bonchev–Trinajstić information content (AvgIpc) is 2.91. The number of hydrogen-bond acceptors (Lipinski definition) is 4. The van der Waals surface area contributed by atoms with Gasteiger partial charge in [-0.2, -0.15) is 0 Å². The zero-order valence-electron chi connectivity index (χ0n) is 21.2. The molecule has 1 N–H and O–H groups in total. The van der Waals surface area contributed by atoms with E-state index < -0.39 is 22.7 Å². The van der Waals surface area contributed by atoms with E-state index in [2.05, 4.69) is 9.88 Å². The number of carbonyl (C=O) groups excluding carboxylic acids is 1. The highest BCUT2D eigenvalue weighted by atomic mass is 19.2. The number of rotatable bonds is 6. The molecule has 1 unspecified atom stereocenters. The van der Waals surface area contributed by atoms with Crippen molar-refractivity contribution in [2.24, 2.45) is 0 Å². The summed E-state index contributed by atoms with van der Waals surface area (Å²) >= 11 is 0. The van der Waals surface area contributed by atoms with E-state index in [-0.39, 0.29) is 5.91 Å². The van der Waals surface area contributed by atoms with Crippen LogP contribution in [0.25, 0.3) is 0 Å². The van der Waals surface area contributed by atoms with Gasteiger partial charge in [-0.1, -0.05) is 42.5 Å². The van der Waals surface area contributed by atoms with Crippen LogP contribution in [0, 0.1) is 18.6 Å². The highest BCUT2D eigenvalue weighted by Gasteiger charge is 2.42. The zero-order valence-corrected chi connectivity index (χ0v) is 21.2. The summed E-state index contributed by atoms with van der Waals surface area (Å²) in [5, 5.41) is 11.2. The number of halogens is 2. The first-order chi connectivity index (χ1) is 17.8. The van der Waals surface area contributed by atoms with Crippen molar-refractivity contribution in [3.05, 3.63) is 95.2 Å². The van der Waals surface area contributed by atoms with Gasteiger partial charge < -0.3 is 10.0 Å². The van der Waals surface area contributed by atoms with Gasteiger partial charge in [0, 0.05) is 37.2 Å². The van der Waals surface area contributed by atoms with Gasteiger partial charge in [-0.15, -0.1) is 0 Å². The van der Waals surface area contributed by atoms with Gasteiger partial charge in [0.25, 0.3) is 0 Å². The maximum atomic E-state index is 14.4. The van der Waals surface area contributed by atoms with Gasteiger partial charge in [0.1, 0.15) is 5.82 Å². The number of pyridine rings is 1. The molecule has 2 aliphatic rings. The fourth-order valence-electron chi connectivity index (χ4n) is 5.80. The van der Waals surface area contributed by atoms with Crippen LogP contribution in [-0.4, -0.2) is 47.1 Å². The minimum absolute atomic E-state index is 0.0118. The number of likely N-dealkylation sites (tertiary alicyclic amines) is 1. The van der Waals surface area contributed by atoms with Gasteiger partial charge in [0.05, 0.1) is 5.60 Å². The SMILES string of the molecule is Cc1cccc(N2CC(CCN3CCC(O)(c4ccccc4)CC3)(c3ccc(F)c(F)c3)CCC2=O)n1. The number of aryl methyl sites for hydroxylation is 1. The molecule has 1 aromatic heterocycles. The quantitative estimate of drug-likeness (QED) is 0.506. The van der Waals surface area contributed by atoms with Gasteiger partial charge in [-0.25, -0.2) is 13.8 Å². The Labute approximate surface area is 216 Å². The number of aromatic nitrogens is 1. The monoisotopic (exact) mass is 505 g/mol. The Morgan fingerprint density at radius 3 is 2.38 bits per heavy atom. The Balaban J connectivity index is 1.37. The van der Waals surface area contributed by atoms with Crippen molar-refractivity contribution in [1.82, 2.24) is 9.88 Å². The molecule has 37 heavy (non-hydrogen) atoms. The zero-order chi connectivity index (χ0) is 26.0. The summed E-state index contributed by atoms with van der Waals surface area (Å²) in [7, 11) is 0. The number of anilines is 1. The van der Waals surface area contributed by atoms with E-state index in [0.29, 0.717) is 50.0 Å². The third kappa shape index (κ3) is 5.29. The molecule has 0 radical (unpaired) electrons. The second-order valence-electron chi connectivity index (χ2n) is 10.5. The maximum absolute atomic E-state index is 14.4. The van der Waals surface area contributed by atoms with Crippen LogP contribution in [-0.2, 0) is 15.8 Å². The summed E-state index contributed by atoms with van der Waals surface area (Å²) in [4.78, 5) is 21.6. The molecule has 3 heterocycles. The molecule has 2 fully saturated rings. The Bertz CT molecular complexity index is 1260. The van der Waals surface area contributed by atoms with E-state index >= 15 is 0 Å². The first-order valence-corrected chi connectivity index (χ1v) is 13.0. The summed E-state index contributed by atoms with van der Waals surface area (Å²) in [6.45, 7) is 4.44.